The molecule has 2 aromatic rings. The van der Waals surface area contributed by atoms with Crippen LogP contribution >= 0.6 is 0 Å². The Hall–Kier alpha value is -1.68. The first kappa shape index (κ1) is 10.8. The molecule has 0 fully saturated rings. The molecule has 0 aliphatic heterocycles. The van der Waals surface area contributed by atoms with Crippen molar-refractivity contribution in [3.05, 3.63) is 53.5 Å². The van der Waals surface area contributed by atoms with E-state index in [-0.39, 0.29) is 12.4 Å². The zero-order valence-electron chi connectivity index (χ0n) is 8.69. The fourth-order valence-electron chi connectivity index (χ4n) is 1.46. The molecule has 0 spiro atoms. The Balaban J connectivity index is 2.11. The van der Waals surface area contributed by atoms with Gasteiger partial charge in [-0.15, -0.1) is 0 Å². The normalized spacial score (nSPS) is 10.6. The van der Waals surface area contributed by atoms with Crippen molar-refractivity contribution in [3.63, 3.8) is 0 Å². The summed E-state index contributed by atoms with van der Waals surface area (Å²) < 4.78 is 18.7. The Morgan fingerprint density at radius 1 is 1.31 bits per heavy atom. The summed E-state index contributed by atoms with van der Waals surface area (Å²) in [4.78, 5) is 4.03. The van der Waals surface area contributed by atoms with Crippen LogP contribution in [0.15, 0.2) is 34.9 Å². The second-order valence-electron chi connectivity index (χ2n) is 3.46. The van der Waals surface area contributed by atoms with E-state index in [9.17, 15) is 4.39 Å². The highest BCUT2D eigenvalue weighted by Gasteiger charge is 2.07. The van der Waals surface area contributed by atoms with Crippen LogP contribution in [-0.2, 0) is 12.8 Å². The third-order valence-corrected chi connectivity index (χ3v) is 2.26. The minimum Gasteiger partial charge on any atom is -0.445 e. The summed E-state index contributed by atoms with van der Waals surface area (Å²) in [5.74, 6) is 0.826. The molecule has 1 aromatic carbocycles. The molecule has 0 saturated carbocycles. The van der Waals surface area contributed by atoms with E-state index in [4.69, 9.17) is 9.52 Å². The van der Waals surface area contributed by atoms with Gasteiger partial charge in [0.05, 0.1) is 19.2 Å². The van der Waals surface area contributed by atoms with E-state index in [1.807, 2.05) is 0 Å². The lowest BCUT2D eigenvalue weighted by molar-refractivity contribution is 0.286. The molecule has 4 heteroatoms. The fraction of sp³-hybridized carbons (Fsp3) is 0.250. The molecular weight excluding hydrogens is 209 g/mol. The van der Waals surface area contributed by atoms with Crippen molar-refractivity contribution in [2.75, 3.05) is 6.61 Å². The third kappa shape index (κ3) is 2.46. The third-order valence-electron chi connectivity index (χ3n) is 2.26. The molecular formula is C12H12FNO2. The summed E-state index contributed by atoms with van der Waals surface area (Å²) in [6, 6.07) is 6.53. The van der Waals surface area contributed by atoms with Gasteiger partial charge in [-0.2, -0.15) is 0 Å². The van der Waals surface area contributed by atoms with Gasteiger partial charge in [0.25, 0.3) is 0 Å². The lowest BCUT2D eigenvalue weighted by atomic mass is 10.1. The van der Waals surface area contributed by atoms with E-state index in [1.165, 1.54) is 6.07 Å². The first-order chi connectivity index (χ1) is 7.79. The van der Waals surface area contributed by atoms with Gasteiger partial charge in [0.15, 0.2) is 5.89 Å². The number of benzene rings is 1. The average molecular weight is 221 g/mol. The minimum absolute atomic E-state index is 0.0222. The lowest BCUT2D eigenvalue weighted by Gasteiger charge is -1.98. The van der Waals surface area contributed by atoms with Crippen LogP contribution in [0.3, 0.4) is 0 Å². The highest BCUT2D eigenvalue weighted by Crippen LogP contribution is 2.13. The molecule has 0 radical (unpaired) electrons. The molecule has 3 nitrogen and oxygen atoms in total. The molecule has 0 atom stereocenters. The molecule has 84 valence electrons. The number of oxazole rings is 1. The van der Waals surface area contributed by atoms with E-state index in [0.29, 0.717) is 30.1 Å². The summed E-state index contributed by atoms with van der Waals surface area (Å²) in [6.07, 6.45) is 2.33. The predicted octanol–water partition coefficient (Wildman–Crippen LogP) is 1.94. The molecule has 2 rings (SSSR count). The summed E-state index contributed by atoms with van der Waals surface area (Å²) in [7, 11) is 0. The van der Waals surface area contributed by atoms with E-state index in [1.54, 1.807) is 24.4 Å². The largest absolute Gasteiger partial charge is 0.445 e. The molecule has 1 heterocycles. The standard InChI is InChI=1S/C12H12FNO2/c13-11-4-2-1-3-9(11)7-12-14-8-10(16-12)5-6-15/h1-4,8,15H,5-7H2. The van der Waals surface area contributed by atoms with Crippen LogP contribution in [0.2, 0.25) is 0 Å². The van der Waals surface area contributed by atoms with E-state index in [2.05, 4.69) is 4.98 Å². The van der Waals surface area contributed by atoms with Crippen LogP contribution in [0.4, 0.5) is 4.39 Å². The Kier molecular flexibility index (Phi) is 3.31. The summed E-state index contributed by atoms with van der Waals surface area (Å²) in [6.45, 7) is 0.0222. The second-order valence-corrected chi connectivity index (χ2v) is 3.46. The van der Waals surface area contributed by atoms with Gasteiger partial charge in [-0.3, -0.25) is 0 Å². The first-order valence-corrected chi connectivity index (χ1v) is 5.07. The predicted molar refractivity (Wildman–Crippen MR) is 56.5 cm³/mol. The first-order valence-electron chi connectivity index (χ1n) is 5.07. The van der Waals surface area contributed by atoms with Crippen molar-refractivity contribution in [2.45, 2.75) is 12.8 Å². The van der Waals surface area contributed by atoms with Crippen LogP contribution in [0.25, 0.3) is 0 Å². The quantitative estimate of drug-likeness (QED) is 0.858. The maximum Gasteiger partial charge on any atom is 0.198 e. The van der Waals surface area contributed by atoms with Crippen LogP contribution in [0.1, 0.15) is 17.2 Å². The number of halogens is 1. The maximum absolute atomic E-state index is 13.3. The van der Waals surface area contributed by atoms with Crippen LogP contribution in [-0.4, -0.2) is 16.7 Å². The smallest absolute Gasteiger partial charge is 0.198 e. The Labute approximate surface area is 92.6 Å². The minimum atomic E-state index is -0.260. The number of aromatic nitrogens is 1. The van der Waals surface area contributed by atoms with E-state index < -0.39 is 0 Å². The number of rotatable bonds is 4. The zero-order chi connectivity index (χ0) is 11.4. The van der Waals surface area contributed by atoms with Gasteiger partial charge in [0.1, 0.15) is 11.6 Å². The molecule has 0 bridgehead atoms. The number of aliphatic hydroxyl groups excluding tert-OH is 1. The van der Waals surface area contributed by atoms with E-state index >= 15 is 0 Å². The van der Waals surface area contributed by atoms with Crippen molar-refractivity contribution < 1.29 is 13.9 Å². The maximum atomic E-state index is 13.3. The van der Waals surface area contributed by atoms with Gasteiger partial charge in [0.2, 0.25) is 0 Å². The van der Waals surface area contributed by atoms with Gasteiger partial charge in [0, 0.05) is 6.42 Å². The number of nitrogens with zero attached hydrogens (tertiary/aromatic N) is 1. The zero-order valence-corrected chi connectivity index (χ0v) is 8.69. The number of aliphatic hydroxyl groups is 1. The monoisotopic (exact) mass is 221 g/mol. The topological polar surface area (TPSA) is 46.3 Å². The van der Waals surface area contributed by atoms with Gasteiger partial charge < -0.3 is 9.52 Å². The van der Waals surface area contributed by atoms with Crippen molar-refractivity contribution in [1.82, 2.24) is 4.98 Å². The van der Waals surface area contributed by atoms with Gasteiger partial charge in [-0.1, -0.05) is 18.2 Å². The van der Waals surface area contributed by atoms with Crippen molar-refractivity contribution in [1.29, 1.82) is 0 Å². The molecule has 0 unspecified atom stereocenters. The van der Waals surface area contributed by atoms with Gasteiger partial charge in [-0.05, 0) is 11.6 Å². The van der Waals surface area contributed by atoms with Gasteiger partial charge in [-0.25, -0.2) is 9.37 Å². The molecule has 0 saturated heterocycles. The van der Waals surface area contributed by atoms with Gasteiger partial charge >= 0.3 is 0 Å². The average Bonchev–Trinajstić information content (AvgIpc) is 2.70. The molecule has 0 aliphatic carbocycles. The summed E-state index contributed by atoms with van der Waals surface area (Å²) in [5.41, 5.74) is 0.555. The SMILES string of the molecule is OCCc1cnc(Cc2ccccc2F)o1. The lowest BCUT2D eigenvalue weighted by Crippen LogP contribution is -1.92. The van der Waals surface area contributed by atoms with Crippen molar-refractivity contribution >= 4 is 0 Å². The van der Waals surface area contributed by atoms with Crippen molar-refractivity contribution in [2.24, 2.45) is 0 Å². The second kappa shape index (κ2) is 4.90. The Morgan fingerprint density at radius 3 is 2.88 bits per heavy atom. The molecule has 0 amide bonds. The Morgan fingerprint density at radius 2 is 2.12 bits per heavy atom. The molecule has 16 heavy (non-hydrogen) atoms. The number of hydrogen-bond acceptors (Lipinski definition) is 3. The highest BCUT2D eigenvalue weighted by molar-refractivity contribution is 5.20. The van der Waals surface area contributed by atoms with E-state index in [0.717, 1.165) is 0 Å². The van der Waals surface area contributed by atoms with Crippen LogP contribution in [0.5, 0.6) is 0 Å². The Bertz CT molecular complexity index is 468. The molecule has 1 aromatic heterocycles. The van der Waals surface area contributed by atoms with Crippen LogP contribution < -0.4 is 0 Å². The molecule has 0 aliphatic rings. The summed E-state index contributed by atoms with van der Waals surface area (Å²) >= 11 is 0. The van der Waals surface area contributed by atoms with Crippen LogP contribution in [0, 0.1) is 5.82 Å². The molecule has 1 N–H and O–H groups in total. The highest BCUT2D eigenvalue weighted by atomic mass is 19.1. The number of hydrogen-bond donors (Lipinski definition) is 1. The summed E-state index contributed by atoms with van der Waals surface area (Å²) in [5, 5.41) is 8.72. The fourth-order valence-corrected chi connectivity index (χ4v) is 1.46. The van der Waals surface area contributed by atoms with Crippen molar-refractivity contribution in [3.8, 4) is 0 Å².